The van der Waals surface area contributed by atoms with Crippen LogP contribution < -0.4 is 15.4 Å². The van der Waals surface area contributed by atoms with Crippen molar-refractivity contribution in [1.29, 1.82) is 0 Å². The predicted octanol–water partition coefficient (Wildman–Crippen LogP) is 6.31. The van der Waals surface area contributed by atoms with Gasteiger partial charge in [-0.25, -0.2) is 4.79 Å². The first-order valence-corrected chi connectivity index (χ1v) is 14.3. The van der Waals surface area contributed by atoms with Gasteiger partial charge in [0.1, 0.15) is 24.0 Å². The van der Waals surface area contributed by atoms with Crippen LogP contribution in [0.4, 0.5) is 11.4 Å². The van der Waals surface area contributed by atoms with E-state index in [0.29, 0.717) is 24.3 Å². The molecule has 8 heteroatoms. The smallest absolute Gasteiger partial charge is 0.329 e. The predicted molar refractivity (Wildman–Crippen MR) is 172 cm³/mol. The van der Waals surface area contributed by atoms with Crippen molar-refractivity contribution >= 4 is 23.3 Å². The van der Waals surface area contributed by atoms with E-state index < -0.39 is 11.6 Å². The van der Waals surface area contributed by atoms with Crippen molar-refractivity contribution in [3.05, 3.63) is 108 Å². The fourth-order valence-electron chi connectivity index (χ4n) is 4.35. The van der Waals surface area contributed by atoms with E-state index in [1.165, 1.54) is 0 Å². The standard InChI is InChI=1S/C35H40N4O4/c1-35(2,3)43-34(41)32(24-28-10-8-9-21-36-28)37-26-15-17-27(18-16-26)38-33(40)31-12-7-6-11-30(31)25-13-19-29(20-14-25)42-23-22-39(4)5/h6-21,32,37H,22-24H2,1-5H3,(H,38,40). The van der Waals surface area contributed by atoms with Crippen LogP contribution in [0.3, 0.4) is 0 Å². The van der Waals surface area contributed by atoms with Crippen LogP contribution in [0.1, 0.15) is 36.8 Å². The van der Waals surface area contributed by atoms with Gasteiger partial charge in [-0.05, 0) is 101 Å². The van der Waals surface area contributed by atoms with Gasteiger partial charge < -0.3 is 25.0 Å². The molecule has 43 heavy (non-hydrogen) atoms. The molecule has 0 aliphatic carbocycles. The molecular weight excluding hydrogens is 540 g/mol. The number of carbonyl (C=O) groups excluding carboxylic acids is 2. The zero-order valence-corrected chi connectivity index (χ0v) is 25.5. The van der Waals surface area contributed by atoms with Crippen LogP contribution in [0.25, 0.3) is 11.1 Å². The molecule has 1 heterocycles. The molecular formula is C35H40N4O4. The van der Waals surface area contributed by atoms with Crippen molar-refractivity contribution in [2.24, 2.45) is 0 Å². The van der Waals surface area contributed by atoms with Crippen molar-refractivity contribution in [2.75, 3.05) is 37.9 Å². The lowest BCUT2D eigenvalue weighted by atomic mass is 9.99. The molecule has 224 valence electrons. The van der Waals surface area contributed by atoms with Crippen molar-refractivity contribution in [3.8, 4) is 16.9 Å². The first-order valence-electron chi connectivity index (χ1n) is 14.3. The molecule has 3 aromatic carbocycles. The molecule has 4 rings (SSSR count). The molecule has 1 atom stereocenters. The average Bonchev–Trinajstić information content (AvgIpc) is 2.97. The van der Waals surface area contributed by atoms with Gasteiger partial charge in [-0.15, -0.1) is 0 Å². The molecule has 1 aromatic heterocycles. The number of esters is 1. The van der Waals surface area contributed by atoms with Crippen LogP contribution >= 0.6 is 0 Å². The summed E-state index contributed by atoms with van der Waals surface area (Å²) < 4.78 is 11.5. The molecule has 1 amide bonds. The number of aromatic nitrogens is 1. The Morgan fingerprint density at radius 3 is 2.19 bits per heavy atom. The number of ether oxygens (including phenoxy) is 2. The Morgan fingerprint density at radius 2 is 1.53 bits per heavy atom. The van der Waals surface area contributed by atoms with Crippen LogP contribution in [0.5, 0.6) is 5.75 Å². The summed E-state index contributed by atoms with van der Waals surface area (Å²) in [6.45, 7) is 6.96. The molecule has 8 nitrogen and oxygen atoms in total. The minimum atomic E-state index is -0.633. The monoisotopic (exact) mass is 580 g/mol. The van der Waals surface area contributed by atoms with Crippen LogP contribution in [0.15, 0.2) is 97.2 Å². The Bertz CT molecular complexity index is 1480. The quantitative estimate of drug-likeness (QED) is 0.190. The van der Waals surface area contributed by atoms with Crippen LogP contribution in [0, 0.1) is 0 Å². The molecule has 0 radical (unpaired) electrons. The number of benzene rings is 3. The molecule has 0 fully saturated rings. The number of nitrogens with one attached hydrogen (secondary N) is 2. The van der Waals surface area contributed by atoms with E-state index in [1.54, 1.807) is 18.3 Å². The lowest BCUT2D eigenvalue weighted by Gasteiger charge is -2.25. The van der Waals surface area contributed by atoms with E-state index >= 15 is 0 Å². The molecule has 0 spiro atoms. The summed E-state index contributed by atoms with van der Waals surface area (Å²) in [4.78, 5) is 32.8. The topological polar surface area (TPSA) is 92.8 Å². The van der Waals surface area contributed by atoms with Gasteiger partial charge in [0, 0.05) is 41.8 Å². The van der Waals surface area contributed by atoms with Crippen LogP contribution in [-0.4, -0.2) is 60.7 Å². The second-order valence-corrected chi connectivity index (χ2v) is 11.5. The normalized spacial score (nSPS) is 12.0. The summed E-state index contributed by atoms with van der Waals surface area (Å²) in [7, 11) is 4.01. The van der Waals surface area contributed by atoms with Crippen molar-refractivity contribution in [3.63, 3.8) is 0 Å². The number of hydrogen-bond donors (Lipinski definition) is 2. The summed E-state index contributed by atoms with van der Waals surface area (Å²) in [5.74, 6) is 0.208. The molecule has 0 aliphatic rings. The number of amides is 1. The molecule has 1 unspecified atom stereocenters. The van der Waals surface area contributed by atoms with Crippen molar-refractivity contribution in [1.82, 2.24) is 9.88 Å². The maximum absolute atomic E-state index is 13.3. The average molecular weight is 581 g/mol. The number of carbonyl (C=O) groups is 2. The maximum atomic E-state index is 13.3. The number of nitrogens with zero attached hydrogens (tertiary/aromatic N) is 2. The zero-order chi connectivity index (χ0) is 30.8. The van der Waals surface area contributed by atoms with E-state index in [0.717, 1.165) is 34.8 Å². The van der Waals surface area contributed by atoms with Gasteiger partial charge in [-0.1, -0.05) is 36.4 Å². The van der Waals surface area contributed by atoms with E-state index in [4.69, 9.17) is 9.47 Å². The van der Waals surface area contributed by atoms with Gasteiger partial charge in [-0.2, -0.15) is 0 Å². The summed E-state index contributed by atoms with van der Waals surface area (Å²) in [6, 6.07) is 27.5. The Morgan fingerprint density at radius 1 is 0.860 bits per heavy atom. The summed E-state index contributed by atoms with van der Waals surface area (Å²) in [5, 5.41) is 6.27. The number of hydrogen-bond acceptors (Lipinski definition) is 7. The highest BCUT2D eigenvalue weighted by molar-refractivity contribution is 6.08. The Balaban J connectivity index is 1.43. The van der Waals surface area contributed by atoms with E-state index in [-0.39, 0.29) is 11.9 Å². The third-order valence-corrected chi connectivity index (χ3v) is 6.46. The lowest BCUT2D eigenvalue weighted by molar-refractivity contribution is -0.155. The second-order valence-electron chi connectivity index (χ2n) is 11.5. The molecule has 0 saturated heterocycles. The van der Waals surface area contributed by atoms with Gasteiger partial charge >= 0.3 is 5.97 Å². The third kappa shape index (κ3) is 9.68. The van der Waals surface area contributed by atoms with E-state index in [1.807, 2.05) is 114 Å². The number of rotatable bonds is 12. The Hall–Kier alpha value is -4.69. The minimum absolute atomic E-state index is 0.218. The molecule has 0 bridgehead atoms. The highest BCUT2D eigenvalue weighted by Gasteiger charge is 2.26. The largest absolute Gasteiger partial charge is 0.492 e. The van der Waals surface area contributed by atoms with Gasteiger partial charge in [-0.3, -0.25) is 9.78 Å². The first kappa shape index (κ1) is 31.3. The number of likely N-dealkylation sites (N-methyl/N-ethyl adjacent to an activating group) is 1. The lowest BCUT2D eigenvalue weighted by Crippen LogP contribution is -2.38. The minimum Gasteiger partial charge on any atom is -0.492 e. The highest BCUT2D eigenvalue weighted by Crippen LogP contribution is 2.27. The second kappa shape index (κ2) is 14.5. The van der Waals surface area contributed by atoms with E-state index in [9.17, 15) is 9.59 Å². The zero-order valence-electron chi connectivity index (χ0n) is 25.5. The molecule has 0 aliphatic heterocycles. The van der Waals surface area contributed by atoms with Crippen molar-refractivity contribution in [2.45, 2.75) is 38.8 Å². The van der Waals surface area contributed by atoms with Crippen LogP contribution in [0.2, 0.25) is 0 Å². The third-order valence-electron chi connectivity index (χ3n) is 6.46. The van der Waals surface area contributed by atoms with Crippen molar-refractivity contribution < 1.29 is 19.1 Å². The summed E-state index contributed by atoms with van der Waals surface area (Å²) >= 11 is 0. The van der Waals surface area contributed by atoms with Gasteiger partial charge in [0.25, 0.3) is 5.91 Å². The highest BCUT2D eigenvalue weighted by atomic mass is 16.6. The van der Waals surface area contributed by atoms with Gasteiger partial charge in [0.05, 0.1) is 0 Å². The molecule has 0 saturated carbocycles. The van der Waals surface area contributed by atoms with Gasteiger partial charge in [0.15, 0.2) is 0 Å². The van der Waals surface area contributed by atoms with Gasteiger partial charge in [0.2, 0.25) is 0 Å². The molecule has 4 aromatic rings. The first-order chi connectivity index (χ1) is 20.6. The summed E-state index contributed by atoms with van der Waals surface area (Å²) in [5.41, 5.74) is 3.82. The number of anilines is 2. The maximum Gasteiger partial charge on any atom is 0.329 e. The Labute approximate surface area is 254 Å². The van der Waals surface area contributed by atoms with E-state index in [2.05, 4.69) is 20.5 Å². The SMILES string of the molecule is CN(C)CCOc1ccc(-c2ccccc2C(=O)Nc2ccc(NC(Cc3ccccn3)C(=O)OC(C)(C)C)cc2)cc1. The van der Waals surface area contributed by atoms with Crippen LogP contribution in [-0.2, 0) is 16.0 Å². The summed E-state index contributed by atoms with van der Waals surface area (Å²) in [6.07, 6.45) is 2.07. The number of pyridine rings is 1. The fraction of sp³-hybridized carbons (Fsp3) is 0.286. The molecule has 2 N–H and O–H groups in total. The fourth-order valence-corrected chi connectivity index (χ4v) is 4.35. The Kier molecular flexibility index (Phi) is 10.5.